The number of alkyl halides is 3. The number of hydrogen-bond acceptors (Lipinski definition) is 2. The SMILES string of the molecule is FC(F)(F)C1(c2ccc3nc[nH]c3c2)COC1. The summed E-state index contributed by atoms with van der Waals surface area (Å²) in [5.41, 5.74) is -0.357. The quantitative estimate of drug-likeness (QED) is 0.833. The zero-order chi connectivity index (χ0) is 12.1. The second-order valence-electron chi connectivity index (χ2n) is 4.21. The van der Waals surface area contributed by atoms with Gasteiger partial charge >= 0.3 is 6.18 Å². The summed E-state index contributed by atoms with van der Waals surface area (Å²) in [5.74, 6) is 0. The largest absolute Gasteiger partial charge is 0.402 e. The Morgan fingerprint density at radius 1 is 1.29 bits per heavy atom. The van der Waals surface area contributed by atoms with E-state index in [1.54, 1.807) is 6.07 Å². The van der Waals surface area contributed by atoms with Crippen LogP contribution < -0.4 is 0 Å². The van der Waals surface area contributed by atoms with Crippen LogP contribution in [0, 0.1) is 0 Å². The van der Waals surface area contributed by atoms with Gasteiger partial charge in [-0.15, -0.1) is 0 Å². The van der Waals surface area contributed by atoms with E-state index in [9.17, 15) is 13.2 Å². The van der Waals surface area contributed by atoms with Crippen LogP contribution in [-0.2, 0) is 10.2 Å². The fraction of sp³-hybridized carbons (Fsp3) is 0.364. The second-order valence-corrected chi connectivity index (χ2v) is 4.21. The normalized spacial score (nSPS) is 19.2. The van der Waals surface area contributed by atoms with Crippen molar-refractivity contribution in [3.63, 3.8) is 0 Å². The minimum atomic E-state index is -4.29. The van der Waals surface area contributed by atoms with Crippen LogP contribution in [0.5, 0.6) is 0 Å². The predicted molar refractivity (Wildman–Crippen MR) is 54.6 cm³/mol. The summed E-state index contributed by atoms with van der Waals surface area (Å²) in [6, 6.07) is 4.56. The van der Waals surface area contributed by atoms with E-state index in [1.807, 2.05) is 0 Å². The monoisotopic (exact) mass is 242 g/mol. The third-order valence-electron chi connectivity index (χ3n) is 3.21. The molecular weight excluding hydrogens is 233 g/mol. The molecule has 0 unspecified atom stereocenters. The van der Waals surface area contributed by atoms with Crippen molar-refractivity contribution in [2.75, 3.05) is 13.2 Å². The van der Waals surface area contributed by atoms with E-state index in [1.165, 1.54) is 18.5 Å². The fourth-order valence-electron chi connectivity index (χ4n) is 2.03. The molecule has 17 heavy (non-hydrogen) atoms. The Morgan fingerprint density at radius 3 is 2.65 bits per heavy atom. The molecule has 1 aromatic heterocycles. The number of nitrogens with zero attached hydrogens (tertiary/aromatic N) is 1. The molecule has 1 fully saturated rings. The van der Waals surface area contributed by atoms with Crippen LogP contribution in [0.4, 0.5) is 13.2 Å². The minimum Gasteiger partial charge on any atom is -0.379 e. The van der Waals surface area contributed by atoms with Crippen LogP contribution in [0.25, 0.3) is 11.0 Å². The molecule has 0 saturated carbocycles. The smallest absolute Gasteiger partial charge is 0.379 e. The number of fused-ring (bicyclic) bond motifs is 1. The molecule has 1 N–H and O–H groups in total. The molecule has 90 valence electrons. The third-order valence-corrected chi connectivity index (χ3v) is 3.21. The Morgan fingerprint density at radius 2 is 2.06 bits per heavy atom. The average Bonchev–Trinajstić information content (AvgIpc) is 2.60. The molecule has 1 saturated heterocycles. The summed E-state index contributed by atoms with van der Waals surface area (Å²) >= 11 is 0. The number of hydrogen-bond donors (Lipinski definition) is 1. The van der Waals surface area contributed by atoms with E-state index in [0.717, 1.165) is 0 Å². The van der Waals surface area contributed by atoms with Gasteiger partial charge in [-0.1, -0.05) is 6.07 Å². The van der Waals surface area contributed by atoms with Gasteiger partial charge in [-0.05, 0) is 17.7 Å². The van der Waals surface area contributed by atoms with Crippen molar-refractivity contribution in [3.8, 4) is 0 Å². The Kier molecular flexibility index (Phi) is 2.01. The molecule has 2 aromatic rings. The molecule has 3 rings (SSSR count). The molecule has 1 aliphatic rings. The van der Waals surface area contributed by atoms with Crippen LogP contribution >= 0.6 is 0 Å². The van der Waals surface area contributed by atoms with Gasteiger partial charge in [0.1, 0.15) is 5.41 Å². The van der Waals surface area contributed by atoms with Gasteiger partial charge in [0.2, 0.25) is 0 Å². The van der Waals surface area contributed by atoms with E-state index in [-0.39, 0.29) is 18.8 Å². The Balaban J connectivity index is 2.13. The van der Waals surface area contributed by atoms with Gasteiger partial charge in [0.25, 0.3) is 0 Å². The highest BCUT2D eigenvalue weighted by atomic mass is 19.4. The zero-order valence-corrected chi connectivity index (χ0v) is 8.71. The van der Waals surface area contributed by atoms with Gasteiger partial charge in [0, 0.05) is 0 Å². The number of aromatic amines is 1. The number of H-pyrrole nitrogens is 1. The Labute approximate surface area is 94.6 Å². The van der Waals surface area contributed by atoms with Crippen LogP contribution in [0.1, 0.15) is 5.56 Å². The van der Waals surface area contributed by atoms with Crippen molar-refractivity contribution in [1.82, 2.24) is 9.97 Å². The highest BCUT2D eigenvalue weighted by molar-refractivity contribution is 5.75. The van der Waals surface area contributed by atoms with Gasteiger partial charge < -0.3 is 9.72 Å². The molecule has 3 nitrogen and oxygen atoms in total. The molecule has 6 heteroatoms. The summed E-state index contributed by atoms with van der Waals surface area (Å²) in [6.45, 7) is -0.619. The van der Waals surface area contributed by atoms with Crippen LogP contribution in [0.15, 0.2) is 24.5 Å². The van der Waals surface area contributed by atoms with E-state index < -0.39 is 11.6 Å². The summed E-state index contributed by atoms with van der Waals surface area (Å²) in [7, 11) is 0. The second kappa shape index (κ2) is 3.22. The van der Waals surface area contributed by atoms with Crippen molar-refractivity contribution in [1.29, 1.82) is 0 Å². The maximum atomic E-state index is 13.1. The summed E-state index contributed by atoms with van der Waals surface area (Å²) < 4.78 is 44.0. The van der Waals surface area contributed by atoms with Crippen molar-refractivity contribution < 1.29 is 17.9 Å². The standard InChI is InChI=1S/C11H9F3N2O/c12-11(13,14)10(4-17-5-10)7-1-2-8-9(3-7)16-6-15-8/h1-3,6H,4-5H2,(H,15,16). The lowest BCUT2D eigenvalue weighted by molar-refractivity contribution is -0.262. The number of aromatic nitrogens is 2. The van der Waals surface area contributed by atoms with Crippen molar-refractivity contribution in [2.45, 2.75) is 11.6 Å². The minimum absolute atomic E-state index is 0.230. The molecule has 0 aliphatic carbocycles. The Hall–Kier alpha value is -1.56. The lowest BCUT2D eigenvalue weighted by atomic mass is 9.78. The first kappa shape index (κ1) is 10.6. The van der Waals surface area contributed by atoms with Gasteiger partial charge in [0.15, 0.2) is 0 Å². The predicted octanol–water partition coefficient (Wildman–Crippen LogP) is 2.39. The van der Waals surface area contributed by atoms with Crippen LogP contribution in [-0.4, -0.2) is 29.4 Å². The molecule has 2 heterocycles. The average molecular weight is 242 g/mol. The third kappa shape index (κ3) is 1.37. The highest BCUT2D eigenvalue weighted by Crippen LogP contribution is 2.46. The number of ether oxygens (including phenoxy) is 1. The van der Waals surface area contributed by atoms with Crippen LogP contribution in [0.2, 0.25) is 0 Å². The van der Waals surface area contributed by atoms with Crippen molar-refractivity contribution in [3.05, 3.63) is 30.1 Å². The van der Waals surface area contributed by atoms with Crippen molar-refractivity contribution >= 4 is 11.0 Å². The van der Waals surface area contributed by atoms with Gasteiger partial charge in [-0.25, -0.2) is 4.98 Å². The van der Waals surface area contributed by atoms with E-state index in [4.69, 9.17) is 4.74 Å². The molecule has 0 spiro atoms. The van der Waals surface area contributed by atoms with Crippen LogP contribution in [0.3, 0.4) is 0 Å². The van der Waals surface area contributed by atoms with Gasteiger partial charge in [0.05, 0.1) is 30.6 Å². The van der Waals surface area contributed by atoms with E-state index in [2.05, 4.69) is 9.97 Å². The Bertz CT molecular complexity index is 557. The first-order valence-electron chi connectivity index (χ1n) is 5.11. The lowest BCUT2D eigenvalue weighted by Gasteiger charge is -2.42. The molecule has 0 amide bonds. The van der Waals surface area contributed by atoms with E-state index in [0.29, 0.717) is 11.0 Å². The molecule has 0 atom stereocenters. The molecule has 0 bridgehead atoms. The number of imidazole rings is 1. The molecular formula is C11H9F3N2O. The number of rotatable bonds is 1. The molecule has 0 radical (unpaired) electrons. The summed E-state index contributed by atoms with van der Waals surface area (Å²) in [6.07, 6.45) is -2.83. The number of halogens is 3. The summed E-state index contributed by atoms with van der Waals surface area (Å²) in [5, 5.41) is 0. The van der Waals surface area contributed by atoms with Crippen molar-refractivity contribution in [2.24, 2.45) is 0 Å². The van der Waals surface area contributed by atoms with E-state index >= 15 is 0 Å². The zero-order valence-electron chi connectivity index (χ0n) is 8.71. The maximum Gasteiger partial charge on any atom is 0.402 e. The maximum absolute atomic E-state index is 13.1. The number of benzene rings is 1. The topological polar surface area (TPSA) is 37.9 Å². The fourth-order valence-corrected chi connectivity index (χ4v) is 2.03. The van der Waals surface area contributed by atoms with Gasteiger partial charge in [-0.2, -0.15) is 13.2 Å². The molecule has 1 aromatic carbocycles. The number of nitrogens with one attached hydrogen (secondary N) is 1. The van der Waals surface area contributed by atoms with Gasteiger partial charge in [-0.3, -0.25) is 0 Å². The highest BCUT2D eigenvalue weighted by Gasteiger charge is 2.61. The molecule has 1 aliphatic heterocycles. The first-order valence-corrected chi connectivity index (χ1v) is 5.11. The first-order chi connectivity index (χ1) is 8.03. The lowest BCUT2D eigenvalue weighted by Crippen LogP contribution is -2.57. The summed E-state index contributed by atoms with van der Waals surface area (Å²) in [4.78, 5) is 6.79.